The lowest BCUT2D eigenvalue weighted by Crippen LogP contribution is -2.54. The van der Waals surface area contributed by atoms with E-state index >= 15 is 0 Å². The molecule has 0 aliphatic rings. The first-order valence-electron chi connectivity index (χ1n) is 11.6. The molecule has 180 valence electrons. The Morgan fingerprint density at radius 3 is 1.69 bits per heavy atom. The highest BCUT2D eigenvalue weighted by Crippen LogP contribution is 2.25. The first kappa shape index (κ1) is 28.4. The Bertz CT molecular complexity index is 771. The van der Waals surface area contributed by atoms with E-state index in [1.165, 1.54) is 17.5 Å². The summed E-state index contributed by atoms with van der Waals surface area (Å²) in [6.45, 7) is 15.1. The molecule has 0 aliphatic carbocycles. The van der Waals surface area contributed by atoms with Crippen LogP contribution in [0.5, 0.6) is 5.75 Å². The summed E-state index contributed by atoms with van der Waals surface area (Å²) in [5, 5.41) is 0.997. The van der Waals surface area contributed by atoms with Gasteiger partial charge in [-0.1, -0.05) is 64.1 Å². The van der Waals surface area contributed by atoms with E-state index in [0.29, 0.717) is 11.8 Å². The molecule has 0 N–H and O–H groups in total. The Balaban J connectivity index is 0.000000323. The molecule has 32 heavy (non-hydrogen) atoms. The molecule has 0 radical (unpaired) electrons. The second-order valence-electron chi connectivity index (χ2n) is 9.20. The Hall–Kier alpha value is -1.66. The summed E-state index contributed by atoms with van der Waals surface area (Å²) in [6.07, 6.45) is 2.31. The van der Waals surface area contributed by atoms with Crippen molar-refractivity contribution < 1.29 is 18.0 Å². The molecule has 0 aliphatic heterocycles. The average molecular weight is 461 g/mol. The van der Waals surface area contributed by atoms with Crippen LogP contribution < -0.4 is 9.92 Å². The number of hydrogen-bond donors (Lipinski definition) is 0. The lowest BCUT2D eigenvalue weighted by atomic mass is 9.98. The molecule has 2 unspecified atom stereocenters. The summed E-state index contributed by atoms with van der Waals surface area (Å²) in [5.74, 6) is 2.15. The Morgan fingerprint density at radius 1 is 0.750 bits per heavy atom. The Kier molecular flexibility index (Phi) is 11.7. The molecule has 5 heteroatoms. The summed E-state index contributed by atoms with van der Waals surface area (Å²) in [7, 11) is 2.22. The van der Waals surface area contributed by atoms with E-state index in [4.69, 9.17) is 18.0 Å². The van der Waals surface area contributed by atoms with Crippen molar-refractivity contribution in [3.05, 3.63) is 59.7 Å². The van der Waals surface area contributed by atoms with Gasteiger partial charge in [-0.25, -0.2) is 0 Å². The summed E-state index contributed by atoms with van der Waals surface area (Å²) in [5.41, 5.74) is 2.58. The van der Waals surface area contributed by atoms with Crippen LogP contribution in [0.4, 0.5) is 0 Å². The second kappa shape index (κ2) is 13.1. The van der Waals surface area contributed by atoms with Crippen molar-refractivity contribution in [2.75, 3.05) is 21.3 Å². The van der Waals surface area contributed by atoms with Crippen molar-refractivity contribution in [2.24, 2.45) is 0 Å². The van der Waals surface area contributed by atoms with Crippen molar-refractivity contribution in [3.63, 3.8) is 0 Å². The van der Waals surface area contributed by atoms with Crippen molar-refractivity contribution in [1.82, 2.24) is 0 Å². The maximum absolute atomic E-state index is 5.84. The molecular formula is C27H44O4Si. The quantitative estimate of drug-likeness (QED) is 0.392. The molecule has 0 bridgehead atoms. The minimum absolute atomic E-state index is 0.117. The monoisotopic (exact) mass is 460 g/mol. The van der Waals surface area contributed by atoms with Crippen molar-refractivity contribution in [3.8, 4) is 5.75 Å². The van der Waals surface area contributed by atoms with Crippen molar-refractivity contribution in [2.45, 2.75) is 78.7 Å². The molecule has 2 aromatic carbocycles. The molecule has 2 rings (SSSR count). The number of rotatable bonds is 9. The lowest BCUT2D eigenvalue weighted by Gasteiger charge is -2.24. The van der Waals surface area contributed by atoms with Gasteiger partial charge in [0.25, 0.3) is 0 Å². The van der Waals surface area contributed by atoms with E-state index < -0.39 is 8.80 Å². The highest BCUT2D eigenvalue weighted by atomic mass is 28.4. The van der Waals surface area contributed by atoms with Gasteiger partial charge in [0, 0.05) is 26.5 Å². The molecular weight excluding hydrogens is 416 g/mol. The predicted molar refractivity (Wildman–Crippen MR) is 137 cm³/mol. The second-order valence-corrected chi connectivity index (χ2v) is 12.1. The first-order valence-corrected chi connectivity index (χ1v) is 13.3. The van der Waals surface area contributed by atoms with Gasteiger partial charge in [0.1, 0.15) is 11.4 Å². The molecule has 0 saturated heterocycles. The SMILES string of the molecule is CCC(C)c1ccc([Si](OC)(OC)OC)cc1.CCC(C)c1cccc(OC(C)(C)C)c1. The summed E-state index contributed by atoms with van der Waals surface area (Å²) in [6, 6.07) is 16.8. The summed E-state index contributed by atoms with van der Waals surface area (Å²) >= 11 is 0. The van der Waals surface area contributed by atoms with Crippen molar-refractivity contribution >= 4 is 14.0 Å². The van der Waals surface area contributed by atoms with Gasteiger partial charge < -0.3 is 18.0 Å². The van der Waals surface area contributed by atoms with E-state index in [2.05, 4.69) is 78.8 Å². The minimum Gasteiger partial charge on any atom is -0.488 e. The van der Waals surface area contributed by atoms with Gasteiger partial charge in [-0.2, -0.15) is 0 Å². The molecule has 4 nitrogen and oxygen atoms in total. The first-order chi connectivity index (χ1) is 15.1. The van der Waals surface area contributed by atoms with Gasteiger partial charge in [0.15, 0.2) is 0 Å². The molecule has 0 heterocycles. The zero-order valence-corrected chi connectivity index (χ0v) is 22.8. The normalized spacial score (nSPS) is 13.7. The van der Waals surface area contributed by atoms with Gasteiger partial charge in [-0.05, 0) is 68.7 Å². The van der Waals surface area contributed by atoms with Crippen LogP contribution in [0, 0.1) is 0 Å². The van der Waals surface area contributed by atoms with Gasteiger partial charge in [-0.3, -0.25) is 0 Å². The topological polar surface area (TPSA) is 36.9 Å². The molecule has 0 aromatic heterocycles. The van der Waals surface area contributed by atoms with Crippen LogP contribution in [0.1, 0.15) is 84.3 Å². The van der Waals surface area contributed by atoms with Gasteiger partial charge in [0.2, 0.25) is 0 Å². The third-order valence-electron chi connectivity index (χ3n) is 5.72. The molecule has 2 aromatic rings. The predicted octanol–water partition coefficient (Wildman–Crippen LogP) is 6.66. The maximum atomic E-state index is 5.84. The molecule has 0 amide bonds. The summed E-state index contributed by atoms with van der Waals surface area (Å²) < 4.78 is 22.2. The van der Waals surface area contributed by atoms with E-state index in [0.717, 1.165) is 17.4 Å². The fraction of sp³-hybridized carbons (Fsp3) is 0.556. The van der Waals surface area contributed by atoms with Gasteiger partial charge in [0.05, 0.1) is 0 Å². The number of hydrogen-bond acceptors (Lipinski definition) is 4. The minimum atomic E-state index is -2.66. The highest BCUT2D eigenvalue weighted by molar-refractivity contribution is 6.75. The third kappa shape index (κ3) is 8.36. The lowest BCUT2D eigenvalue weighted by molar-refractivity contribution is 0.130. The molecule has 0 saturated carbocycles. The molecule has 0 spiro atoms. The Morgan fingerprint density at radius 2 is 1.25 bits per heavy atom. The van der Waals surface area contributed by atoms with Gasteiger partial charge in [-0.15, -0.1) is 0 Å². The van der Waals surface area contributed by atoms with Crippen LogP contribution in [-0.2, 0) is 13.3 Å². The van der Waals surface area contributed by atoms with Crippen LogP contribution in [0.3, 0.4) is 0 Å². The molecule has 2 atom stereocenters. The highest BCUT2D eigenvalue weighted by Gasteiger charge is 2.40. The smallest absolute Gasteiger partial charge is 0.488 e. The zero-order chi connectivity index (χ0) is 24.4. The standard InChI is InChI=1S/C14H22O.C13H22O3Si/c1-6-11(2)12-8-7-9-13(10-12)15-14(3,4)5;1-6-11(2)12-7-9-13(10-8-12)17(14-3,15-4)16-5/h7-11H,6H2,1-5H3;7-11H,6H2,1-5H3. The van der Waals surface area contributed by atoms with E-state index in [-0.39, 0.29) is 5.60 Å². The fourth-order valence-electron chi connectivity index (χ4n) is 3.33. The van der Waals surface area contributed by atoms with Crippen LogP contribution >= 0.6 is 0 Å². The average Bonchev–Trinajstić information content (AvgIpc) is 2.79. The van der Waals surface area contributed by atoms with E-state index in [1.807, 2.05) is 18.2 Å². The third-order valence-corrected chi connectivity index (χ3v) is 8.37. The van der Waals surface area contributed by atoms with E-state index in [1.54, 1.807) is 21.3 Å². The maximum Gasteiger partial charge on any atom is 0.536 e. The fourth-order valence-corrected chi connectivity index (χ4v) is 5.11. The Labute approximate surface area is 197 Å². The molecule has 0 fully saturated rings. The number of benzene rings is 2. The van der Waals surface area contributed by atoms with Crippen LogP contribution in [0.2, 0.25) is 0 Å². The van der Waals surface area contributed by atoms with Crippen LogP contribution in [0.25, 0.3) is 0 Å². The van der Waals surface area contributed by atoms with E-state index in [9.17, 15) is 0 Å². The number of ether oxygens (including phenoxy) is 1. The largest absolute Gasteiger partial charge is 0.536 e. The summed E-state index contributed by atoms with van der Waals surface area (Å²) in [4.78, 5) is 0. The van der Waals surface area contributed by atoms with Gasteiger partial charge >= 0.3 is 8.80 Å². The van der Waals surface area contributed by atoms with Crippen LogP contribution in [0.15, 0.2) is 48.5 Å². The van der Waals surface area contributed by atoms with Crippen LogP contribution in [-0.4, -0.2) is 35.7 Å². The van der Waals surface area contributed by atoms with Crippen molar-refractivity contribution in [1.29, 1.82) is 0 Å². The zero-order valence-electron chi connectivity index (χ0n) is 21.8.